The number of ether oxygens (including phenoxy) is 2. The van der Waals surface area contributed by atoms with Gasteiger partial charge in [-0.3, -0.25) is 4.79 Å². The Morgan fingerprint density at radius 2 is 1.67 bits per heavy atom. The summed E-state index contributed by atoms with van der Waals surface area (Å²) in [7, 11) is 1.66. The van der Waals surface area contributed by atoms with Gasteiger partial charge in [0.25, 0.3) is 0 Å². The van der Waals surface area contributed by atoms with E-state index in [1.54, 1.807) is 7.11 Å². The van der Waals surface area contributed by atoms with Gasteiger partial charge in [0, 0.05) is 13.5 Å². The van der Waals surface area contributed by atoms with Gasteiger partial charge < -0.3 is 9.47 Å². The summed E-state index contributed by atoms with van der Waals surface area (Å²) in [5.41, 5.74) is -0.468. The Bertz CT molecular complexity index is 201. The van der Waals surface area contributed by atoms with Crippen molar-refractivity contribution in [1.29, 1.82) is 0 Å². The maximum atomic E-state index is 11.5. The van der Waals surface area contributed by atoms with Crippen molar-refractivity contribution < 1.29 is 14.3 Å². The molecule has 0 unspecified atom stereocenters. The third kappa shape index (κ3) is 8.58. The van der Waals surface area contributed by atoms with Gasteiger partial charge >= 0.3 is 0 Å². The van der Waals surface area contributed by atoms with Crippen LogP contribution in [-0.2, 0) is 14.3 Å². The zero-order chi connectivity index (χ0) is 12.1. The van der Waals surface area contributed by atoms with E-state index < -0.39 is 0 Å². The third-order valence-electron chi connectivity index (χ3n) is 2.22. The highest BCUT2D eigenvalue weighted by Crippen LogP contribution is 2.16. The summed E-state index contributed by atoms with van der Waals surface area (Å²) in [5, 5.41) is 0. The van der Waals surface area contributed by atoms with Crippen molar-refractivity contribution in [2.75, 3.05) is 13.7 Å². The van der Waals surface area contributed by atoms with Crippen LogP contribution in [0.1, 0.15) is 47.5 Å². The molecule has 0 rings (SSSR count). The Balaban J connectivity index is 3.77. The molecule has 0 spiro atoms. The van der Waals surface area contributed by atoms with Crippen molar-refractivity contribution >= 4 is 5.78 Å². The Morgan fingerprint density at radius 3 is 2.07 bits per heavy atom. The number of rotatable bonds is 6. The first kappa shape index (κ1) is 14.6. The van der Waals surface area contributed by atoms with Crippen molar-refractivity contribution in [2.45, 2.75) is 58.7 Å². The molecule has 3 nitrogen and oxygen atoms in total. The predicted molar refractivity (Wildman–Crippen MR) is 61.0 cm³/mol. The Labute approximate surface area is 93.1 Å². The van der Waals surface area contributed by atoms with E-state index in [2.05, 4.69) is 0 Å². The standard InChI is InChI=1S/C12H24O3/c1-11(2,3)15-9-10(13)7-8-12(4,5)14-6/h7-9H2,1-6H3. The van der Waals surface area contributed by atoms with Crippen LogP contribution in [0.25, 0.3) is 0 Å². The van der Waals surface area contributed by atoms with Gasteiger partial charge in [-0.1, -0.05) is 0 Å². The lowest BCUT2D eigenvalue weighted by Gasteiger charge is -2.23. The monoisotopic (exact) mass is 216 g/mol. The number of hydrogen-bond acceptors (Lipinski definition) is 3. The van der Waals surface area contributed by atoms with Crippen LogP contribution in [0, 0.1) is 0 Å². The molecule has 0 bridgehead atoms. The number of methoxy groups -OCH3 is 1. The number of Topliss-reactive ketones (excluding diaryl/α,β-unsaturated/α-hetero) is 1. The quantitative estimate of drug-likeness (QED) is 0.684. The summed E-state index contributed by atoms with van der Waals surface area (Å²) < 4.78 is 10.6. The average Bonchev–Trinajstić information content (AvgIpc) is 2.10. The van der Waals surface area contributed by atoms with E-state index in [4.69, 9.17) is 9.47 Å². The molecule has 0 aromatic rings. The first-order valence-corrected chi connectivity index (χ1v) is 5.37. The minimum atomic E-state index is -0.244. The van der Waals surface area contributed by atoms with Crippen LogP contribution >= 0.6 is 0 Å². The average molecular weight is 216 g/mol. The van der Waals surface area contributed by atoms with Gasteiger partial charge in [-0.2, -0.15) is 0 Å². The topological polar surface area (TPSA) is 35.5 Å². The van der Waals surface area contributed by atoms with Gasteiger partial charge in [0.05, 0.1) is 11.2 Å². The van der Waals surface area contributed by atoms with Gasteiger partial charge in [-0.15, -0.1) is 0 Å². The third-order valence-corrected chi connectivity index (χ3v) is 2.22. The van der Waals surface area contributed by atoms with E-state index in [9.17, 15) is 4.79 Å². The highest BCUT2D eigenvalue weighted by atomic mass is 16.5. The van der Waals surface area contributed by atoms with Crippen molar-refractivity contribution in [2.24, 2.45) is 0 Å². The minimum absolute atomic E-state index is 0.134. The maximum absolute atomic E-state index is 11.5. The van der Waals surface area contributed by atoms with Crippen molar-refractivity contribution in [1.82, 2.24) is 0 Å². The molecule has 0 fully saturated rings. The second-order valence-corrected chi connectivity index (χ2v) is 5.40. The molecule has 3 heteroatoms. The second-order valence-electron chi connectivity index (χ2n) is 5.40. The van der Waals surface area contributed by atoms with Crippen LogP contribution in [0.15, 0.2) is 0 Å². The number of hydrogen-bond donors (Lipinski definition) is 0. The minimum Gasteiger partial charge on any atom is -0.379 e. The fourth-order valence-corrected chi connectivity index (χ4v) is 0.912. The van der Waals surface area contributed by atoms with E-state index in [0.717, 1.165) is 6.42 Å². The van der Waals surface area contributed by atoms with E-state index in [0.29, 0.717) is 6.42 Å². The maximum Gasteiger partial charge on any atom is 0.158 e. The summed E-state index contributed by atoms with van der Waals surface area (Å²) in [4.78, 5) is 11.5. The lowest BCUT2D eigenvalue weighted by Crippen LogP contribution is -2.27. The van der Waals surface area contributed by atoms with Crippen LogP contribution in [-0.4, -0.2) is 30.7 Å². The summed E-state index contributed by atoms with van der Waals surface area (Å²) in [5.74, 6) is 0.134. The van der Waals surface area contributed by atoms with Crippen LogP contribution in [0.3, 0.4) is 0 Å². The number of carbonyl (C=O) groups is 1. The molecule has 0 aliphatic carbocycles. The van der Waals surface area contributed by atoms with E-state index in [1.807, 2.05) is 34.6 Å². The summed E-state index contributed by atoms with van der Waals surface area (Å²) in [6, 6.07) is 0. The SMILES string of the molecule is COC(C)(C)CCC(=O)COC(C)(C)C. The molecule has 0 heterocycles. The molecule has 0 radical (unpaired) electrons. The molecule has 15 heavy (non-hydrogen) atoms. The van der Waals surface area contributed by atoms with E-state index in [-0.39, 0.29) is 23.6 Å². The highest BCUT2D eigenvalue weighted by molar-refractivity contribution is 5.79. The van der Waals surface area contributed by atoms with Crippen molar-refractivity contribution in [3.05, 3.63) is 0 Å². The van der Waals surface area contributed by atoms with Gasteiger partial charge in [0.1, 0.15) is 6.61 Å². The van der Waals surface area contributed by atoms with Crippen molar-refractivity contribution in [3.63, 3.8) is 0 Å². The molecular formula is C12H24O3. The molecule has 0 amide bonds. The number of ketones is 1. The van der Waals surface area contributed by atoms with Crippen LogP contribution in [0.2, 0.25) is 0 Å². The van der Waals surface area contributed by atoms with Crippen LogP contribution in [0.5, 0.6) is 0 Å². The van der Waals surface area contributed by atoms with Crippen molar-refractivity contribution in [3.8, 4) is 0 Å². The fourth-order valence-electron chi connectivity index (χ4n) is 0.912. The summed E-state index contributed by atoms with van der Waals surface area (Å²) >= 11 is 0. The smallest absolute Gasteiger partial charge is 0.158 e. The predicted octanol–water partition coefficient (Wildman–Crippen LogP) is 2.58. The second kappa shape index (κ2) is 5.61. The lowest BCUT2D eigenvalue weighted by molar-refractivity contribution is -0.129. The summed E-state index contributed by atoms with van der Waals surface area (Å²) in [6.45, 7) is 9.98. The summed E-state index contributed by atoms with van der Waals surface area (Å²) in [6.07, 6.45) is 1.24. The molecule has 0 aliphatic heterocycles. The van der Waals surface area contributed by atoms with Crippen LogP contribution < -0.4 is 0 Å². The Morgan fingerprint density at radius 1 is 1.13 bits per heavy atom. The number of carbonyl (C=O) groups excluding carboxylic acids is 1. The Hall–Kier alpha value is -0.410. The van der Waals surface area contributed by atoms with Gasteiger partial charge in [0.15, 0.2) is 5.78 Å². The molecule has 90 valence electrons. The largest absolute Gasteiger partial charge is 0.379 e. The van der Waals surface area contributed by atoms with E-state index >= 15 is 0 Å². The first-order chi connectivity index (χ1) is 6.66. The zero-order valence-electron chi connectivity index (χ0n) is 10.8. The molecule has 0 saturated heterocycles. The van der Waals surface area contributed by atoms with Gasteiger partial charge in [-0.25, -0.2) is 0 Å². The molecule has 0 aromatic carbocycles. The molecule has 0 aliphatic rings. The molecule has 0 saturated carbocycles. The molecule has 0 N–H and O–H groups in total. The molecule has 0 aromatic heterocycles. The van der Waals surface area contributed by atoms with E-state index in [1.165, 1.54) is 0 Å². The first-order valence-electron chi connectivity index (χ1n) is 5.37. The Kier molecular flexibility index (Phi) is 5.46. The highest BCUT2D eigenvalue weighted by Gasteiger charge is 2.19. The lowest BCUT2D eigenvalue weighted by atomic mass is 10.0. The van der Waals surface area contributed by atoms with Gasteiger partial charge in [0.2, 0.25) is 0 Å². The molecule has 0 atom stereocenters. The fraction of sp³-hybridized carbons (Fsp3) is 0.917. The molecular weight excluding hydrogens is 192 g/mol. The zero-order valence-corrected chi connectivity index (χ0v) is 10.8. The van der Waals surface area contributed by atoms with Gasteiger partial charge in [-0.05, 0) is 41.0 Å². The van der Waals surface area contributed by atoms with Crippen LogP contribution in [0.4, 0.5) is 0 Å². The normalized spacial score (nSPS) is 12.9.